The molecule has 80 valence electrons. The lowest BCUT2D eigenvalue weighted by molar-refractivity contribution is 1.00. The van der Waals surface area contributed by atoms with Gasteiger partial charge in [-0.3, -0.25) is 0 Å². The molecular weight excluding hydrogens is 272 g/mol. The van der Waals surface area contributed by atoms with E-state index in [1.807, 2.05) is 0 Å². The van der Waals surface area contributed by atoms with E-state index in [0.29, 0.717) is 19.0 Å². The monoisotopic (exact) mass is 296 g/mol. The van der Waals surface area contributed by atoms with Crippen LogP contribution in [0.2, 0.25) is 30.2 Å². The summed E-state index contributed by atoms with van der Waals surface area (Å²) >= 11 is 3.49. The molecule has 0 radical (unpaired) electrons. The van der Waals surface area contributed by atoms with Crippen molar-refractivity contribution in [2.24, 2.45) is 0 Å². The molecule has 0 aromatic carbocycles. The fraction of sp³-hybridized carbons (Fsp3) is 1.00. The first-order valence-corrected chi connectivity index (χ1v) is 12.5. The predicted molar refractivity (Wildman–Crippen MR) is 78.7 cm³/mol. The van der Waals surface area contributed by atoms with Gasteiger partial charge in [0, 0.05) is 34.6 Å². The molecule has 0 heterocycles. The van der Waals surface area contributed by atoms with Gasteiger partial charge in [-0.2, -0.15) is 0 Å². The van der Waals surface area contributed by atoms with Crippen LogP contribution in [-0.2, 0) is 0 Å². The summed E-state index contributed by atoms with van der Waals surface area (Å²) in [4.78, 5) is 0. The summed E-state index contributed by atoms with van der Waals surface area (Å²) < 4.78 is 0. The van der Waals surface area contributed by atoms with Gasteiger partial charge in [0.05, 0.1) is 0 Å². The summed E-state index contributed by atoms with van der Waals surface area (Å²) in [5, 5.41) is 1.23. The Labute approximate surface area is 99.8 Å². The highest BCUT2D eigenvalue weighted by Crippen LogP contribution is 2.03. The van der Waals surface area contributed by atoms with Gasteiger partial charge < -0.3 is 0 Å². The second kappa shape index (κ2) is 13.1. The first kappa shape index (κ1) is 14.1. The smallest absolute Gasteiger partial charge is 0.0198 e. The van der Waals surface area contributed by atoms with Crippen LogP contribution < -0.4 is 0 Å². The molecule has 0 amide bonds. The third-order valence-electron chi connectivity index (χ3n) is 2.49. The quantitative estimate of drug-likeness (QED) is 0.324. The minimum atomic E-state index is 0.360. The highest BCUT2D eigenvalue weighted by Gasteiger charge is 1.92. The molecule has 0 bridgehead atoms. The Hall–Kier alpha value is 1.13. The molecule has 0 N–H and O–H groups in total. The Morgan fingerprint density at radius 3 is 1.92 bits per heavy atom. The molecule has 13 heavy (non-hydrogen) atoms. The molecule has 0 saturated heterocycles. The average molecular weight is 297 g/mol. The number of hydrogen-bond donors (Lipinski definition) is 0. The van der Waals surface area contributed by atoms with Crippen molar-refractivity contribution in [1.29, 1.82) is 0 Å². The highest BCUT2D eigenvalue weighted by molar-refractivity contribution is 9.09. The lowest BCUT2D eigenvalue weighted by Gasteiger charge is -1.99. The van der Waals surface area contributed by atoms with E-state index in [-0.39, 0.29) is 0 Å². The molecule has 0 aliphatic heterocycles. The Bertz CT molecular complexity index is 80.9. The average Bonchev–Trinajstić information content (AvgIpc) is 2.16. The van der Waals surface area contributed by atoms with Crippen LogP contribution in [-0.4, -0.2) is 34.6 Å². The summed E-state index contributed by atoms with van der Waals surface area (Å²) in [6.07, 6.45) is 4.60. The summed E-state index contributed by atoms with van der Waals surface area (Å²) in [5.41, 5.74) is 0. The molecular formula is C9H25BrSi3. The maximum Gasteiger partial charge on any atom is 0.0198 e. The van der Waals surface area contributed by atoms with Crippen LogP contribution in [0.5, 0.6) is 0 Å². The Kier molecular flexibility index (Phi) is 14.3. The topological polar surface area (TPSA) is 0 Å². The highest BCUT2D eigenvalue weighted by atomic mass is 79.9. The van der Waals surface area contributed by atoms with Crippen LogP contribution in [0.1, 0.15) is 19.3 Å². The Balaban J connectivity index is 2.76. The Morgan fingerprint density at radius 2 is 1.38 bits per heavy atom. The van der Waals surface area contributed by atoms with Crippen LogP contribution >= 0.6 is 15.9 Å². The number of rotatable bonds is 10. The number of hydrogen-bond acceptors (Lipinski definition) is 0. The van der Waals surface area contributed by atoms with E-state index in [2.05, 4.69) is 15.9 Å². The maximum atomic E-state index is 3.49. The van der Waals surface area contributed by atoms with E-state index in [4.69, 9.17) is 0 Å². The van der Waals surface area contributed by atoms with Crippen LogP contribution in [0, 0.1) is 0 Å². The van der Waals surface area contributed by atoms with Crippen LogP contribution in [0.15, 0.2) is 0 Å². The minimum Gasteiger partial charge on any atom is -0.0928 e. The molecule has 0 rings (SSSR count). The SMILES string of the molecule is [SiH3]CCC[SiH2]CCC[SiH2]CCCBr. The van der Waals surface area contributed by atoms with Gasteiger partial charge in [0.15, 0.2) is 0 Å². The van der Waals surface area contributed by atoms with Gasteiger partial charge >= 0.3 is 0 Å². The fourth-order valence-corrected chi connectivity index (χ4v) is 8.50. The van der Waals surface area contributed by atoms with Gasteiger partial charge in [-0.15, -0.1) is 0 Å². The summed E-state index contributed by atoms with van der Waals surface area (Å²) in [7, 11) is 2.19. The molecule has 0 aromatic rings. The van der Waals surface area contributed by atoms with E-state index in [9.17, 15) is 0 Å². The predicted octanol–water partition coefficient (Wildman–Crippen LogP) is 1.35. The maximum absolute atomic E-state index is 3.49. The Morgan fingerprint density at radius 1 is 0.846 bits per heavy atom. The number of halogens is 1. The molecule has 4 heteroatoms. The van der Waals surface area contributed by atoms with Crippen LogP contribution in [0.25, 0.3) is 0 Å². The van der Waals surface area contributed by atoms with Crippen molar-refractivity contribution in [3.05, 3.63) is 0 Å². The van der Waals surface area contributed by atoms with Gasteiger partial charge in [-0.1, -0.05) is 59.0 Å². The zero-order valence-corrected chi connectivity index (χ0v) is 15.6. The first-order chi connectivity index (χ1) is 6.41. The number of alkyl halides is 1. The zero-order chi connectivity index (χ0) is 9.78. The van der Waals surface area contributed by atoms with Crippen molar-refractivity contribution in [1.82, 2.24) is 0 Å². The summed E-state index contributed by atoms with van der Waals surface area (Å²) in [5.74, 6) is 0. The van der Waals surface area contributed by atoms with Crippen LogP contribution in [0.4, 0.5) is 0 Å². The third-order valence-corrected chi connectivity index (χ3v) is 7.76. The lowest BCUT2D eigenvalue weighted by Crippen LogP contribution is -1.93. The van der Waals surface area contributed by atoms with Crippen molar-refractivity contribution in [2.45, 2.75) is 49.5 Å². The molecule has 0 spiro atoms. The third kappa shape index (κ3) is 13.1. The molecule has 0 aliphatic rings. The van der Waals surface area contributed by atoms with Gasteiger partial charge in [-0.25, -0.2) is 0 Å². The standard InChI is InChI=1S/C9H25BrSi3/c10-4-1-6-12-8-3-9-13-7-2-5-11/h1-9,12-13H2,11H3. The van der Waals surface area contributed by atoms with Crippen molar-refractivity contribution in [3.8, 4) is 0 Å². The molecule has 0 aromatic heterocycles. The summed E-state index contributed by atoms with van der Waals surface area (Å²) in [6.45, 7) is 0. The van der Waals surface area contributed by atoms with E-state index in [1.54, 1.807) is 43.1 Å². The van der Waals surface area contributed by atoms with Gasteiger partial charge in [-0.05, 0) is 6.42 Å². The molecule has 0 aliphatic carbocycles. The van der Waals surface area contributed by atoms with Gasteiger partial charge in [0.2, 0.25) is 0 Å². The van der Waals surface area contributed by atoms with E-state index in [1.165, 1.54) is 22.0 Å². The van der Waals surface area contributed by atoms with Crippen molar-refractivity contribution in [3.63, 3.8) is 0 Å². The fourth-order valence-electron chi connectivity index (χ4n) is 1.58. The zero-order valence-electron chi connectivity index (χ0n) is 9.16. The van der Waals surface area contributed by atoms with Crippen LogP contribution in [0.3, 0.4) is 0 Å². The molecule has 0 saturated carbocycles. The molecule has 0 atom stereocenters. The van der Waals surface area contributed by atoms with Crippen molar-refractivity contribution in [2.75, 3.05) is 5.33 Å². The lowest BCUT2D eigenvalue weighted by atomic mass is 10.5. The second-order valence-electron chi connectivity index (χ2n) is 3.87. The minimum absolute atomic E-state index is 0.360. The van der Waals surface area contributed by atoms with Crippen molar-refractivity contribution < 1.29 is 0 Å². The van der Waals surface area contributed by atoms with Crippen molar-refractivity contribution >= 4 is 45.2 Å². The second-order valence-corrected chi connectivity index (χ2v) is 9.91. The van der Waals surface area contributed by atoms with E-state index in [0.717, 1.165) is 0 Å². The van der Waals surface area contributed by atoms with E-state index >= 15 is 0 Å². The largest absolute Gasteiger partial charge is 0.0928 e. The van der Waals surface area contributed by atoms with Gasteiger partial charge in [0.25, 0.3) is 0 Å². The van der Waals surface area contributed by atoms with E-state index < -0.39 is 0 Å². The first-order valence-electron chi connectivity index (χ1n) is 5.97. The molecule has 0 nitrogen and oxygen atoms in total. The molecule has 0 unspecified atom stereocenters. The molecule has 0 fully saturated rings. The summed E-state index contributed by atoms with van der Waals surface area (Å²) in [6, 6.07) is 8.07. The van der Waals surface area contributed by atoms with Gasteiger partial charge in [0.1, 0.15) is 0 Å². The normalized spacial score (nSPS) is 12.7.